The van der Waals surface area contributed by atoms with Gasteiger partial charge in [0.05, 0.1) is 16.6 Å². The fourth-order valence-corrected chi connectivity index (χ4v) is 1.93. The number of aromatic carboxylic acids is 1. The molecule has 124 valence electrons. The highest BCUT2D eigenvalue weighted by atomic mass is 35.5. The van der Waals surface area contributed by atoms with Crippen LogP contribution >= 0.6 is 11.6 Å². The van der Waals surface area contributed by atoms with Crippen LogP contribution in [0.4, 0.5) is 17.6 Å². The predicted molar refractivity (Wildman–Crippen MR) is 73.2 cm³/mol. The van der Waals surface area contributed by atoms with Crippen LogP contribution in [0.2, 0.25) is 5.02 Å². The lowest BCUT2D eigenvalue weighted by atomic mass is 10.2. The van der Waals surface area contributed by atoms with Gasteiger partial charge >= 0.3 is 6.18 Å². The molecule has 0 spiro atoms. The van der Waals surface area contributed by atoms with Gasteiger partial charge in [-0.25, -0.2) is 4.39 Å². The number of carboxylic acids is 1. The predicted octanol–water partition coefficient (Wildman–Crippen LogP) is 4.03. The number of carboxylic acid groups (broad SMARTS) is 1. The molecular weight excluding hydrogens is 342 g/mol. The fourth-order valence-electron chi connectivity index (χ4n) is 1.65. The third kappa shape index (κ3) is 4.33. The Labute approximate surface area is 132 Å². The first-order valence-corrected chi connectivity index (χ1v) is 6.12. The molecule has 0 aliphatic rings. The highest BCUT2D eigenvalue weighted by Crippen LogP contribution is 2.37. The molecule has 4 N–H and O–H groups in total. The van der Waals surface area contributed by atoms with Crippen molar-refractivity contribution in [3.05, 3.63) is 58.4 Å². The van der Waals surface area contributed by atoms with Gasteiger partial charge in [-0.2, -0.15) is 13.2 Å². The summed E-state index contributed by atoms with van der Waals surface area (Å²) in [7, 11) is 0. The first kappa shape index (κ1) is 18.7. The maximum absolute atomic E-state index is 13.2. The topological polar surface area (TPSA) is 85.9 Å². The van der Waals surface area contributed by atoms with Gasteiger partial charge in [0.25, 0.3) is 0 Å². The summed E-state index contributed by atoms with van der Waals surface area (Å²) >= 11 is 5.52. The van der Waals surface area contributed by atoms with Crippen molar-refractivity contribution in [3.63, 3.8) is 0 Å². The van der Waals surface area contributed by atoms with E-state index in [1.165, 1.54) is 0 Å². The van der Waals surface area contributed by atoms with Gasteiger partial charge < -0.3 is 20.8 Å². The lowest BCUT2D eigenvalue weighted by molar-refractivity contribution is -0.255. The standard InChI is InChI=1S/C14H7ClF4O3.H3N/c15-11-6-8(1-3-10(11)14(17,18)19)22-7-2-4-12(16)9(5-7)13(20)21;/h1-6H,(H,20,21);1H3. The van der Waals surface area contributed by atoms with Gasteiger partial charge in [-0.1, -0.05) is 11.6 Å². The summed E-state index contributed by atoms with van der Waals surface area (Å²) in [5.41, 5.74) is -1.76. The summed E-state index contributed by atoms with van der Waals surface area (Å²) < 4.78 is 56.0. The van der Waals surface area contributed by atoms with Crippen molar-refractivity contribution in [3.8, 4) is 11.5 Å². The summed E-state index contributed by atoms with van der Waals surface area (Å²) in [6.45, 7) is 0. The van der Waals surface area contributed by atoms with Crippen molar-refractivity contribution in [1.82, 2.24) is 6.15 Å². The van der Waals surface area contributed by atoms with Crippen LogP contribution in [-0.2, 0) is 6.18 Å². The lowest BCUT2D eigenvalue weighted by Crippen LogP contribution is -2.23. The maximum Gasteiger partial charge on any atom is 0.417 e. The maximum atomic E-state index is 13.2. The van der Waals surface area contributed by atoms with Crippen LogP contribution in [0.5, 0.6) is 11.5 Å². The van der Waals surface area contributed by atoms with Gasteiger partial charge in [0.2, 0.25) is 0 Å². The van der Waals surface area contributed by atoms with E-state index in [1.54, 1.807) is 0 Å². The molecule has 0 aromatic heterocycles. The van der Waals surface area contributed by atoms with E-state index in [0.717, 1.165) is 36.4 Å². The third-order valence-electron chi connectivity index (χ3n) is 2.64. The van der Waals surface area contributed by atoms with Crippen LogP contribution in [0, 0.1) is 5.82 Å². The molecule has 0 amide bonds. The number of halogens is 5. The van der Waals surface area contributed by atoms with Crippen LogP contribution in [-0.4, -0.2) is 5.97 Å². The van der Waals surface area contributed by atoms with Crippen molar-refractivity contribution >= 4 is 17.6 Å². The van der Waals surface area contributed by atoms with Gasteiger partial charge in [0.15, 0.2) is 0 Å². The molecule has 0 fully saturated rings. The third-order valence-corrected chi connectivity index (χ3v) is 2.95. The average Bonchev–Trinajstić information content (AvgIpc) is 2.39. The van der Waals surface area contributed by atoms with Gasteiger partial charge in [-0.3, -0.25) is 0 Å². The van der Waals surface area contributed by atoms with Crippen molar-refractivity contribution in [2.75, 3.05) is 0 Å². The number of quaternary nitrogens is 1. The molecule has 0 bridgehead atoms. The highest BCUT2D eigenvalue weighted by molar-refractivity contribution is 6.31. The number of hydrogen-bond donors (Lipinski definition) is 1. The van der Waals surface area contributed by atoms with Crippen LogP contribution in [0.15, 0.2) is 36.4 Å². The van der Waals surface area contributed by atoms with Crippen LogP contribution in [0.25, 0.3) is 0 Å². The number of benzene rings is 2. The average molecular weight is 352 g/mol. The Hall–Kier alpha value is -2.32. The van der Waals surface area contributed by atoms with Crippen molar-refractivity contribution in [2.45, 2.75) is 6.18 Å². The van der Waals surface area contributed by atoms with E-state index in [-0.39, 0.29) is 17.6 Å². The van der Waals surface area contributed by atoms with Crippen molar-refractivity contribution < 1.29 is 32.2 Å². The zero-order valence-electron chi connectivity index (χ0n) is 11.6. The molecule has 0 atom stereocenters. The largest absolute Gasteiger partial charge is 0.545 e. The first-order valence-electron chi connectivity index (χ1n) is 5.74. The minimum atomic E-state index is -4.60. The van der Waals surface area contributed by atoms with Gasteiger partial charge in [-0.15, -0.1) is 0 Å². The highest BCUT2D eigenvalue weighted by Gasteiger charge is 2.33. The molecule has 0 unspecified atom stereocenters. The van der Waals surface area contributed by atoms with Crippen LogP contribution < -0.4 is 16.0 Å². The quantitative estimate of drug-likeness (QED) is 0.847. The summed E-state index contributed by atoms with van der Waals surface area (Å²) in [5, 5.41) is 10.1. The van der Waals surface area contributed by atoms with E-state index in [2.05, 4.69) is 0 Å². The van der Waals surface area contributed by atoms with E-state index in [9.17, 15) is 27.5 Å². The Bertz CT molecular complexity index is 734. The number of hydrogen-bond acceptors (Lipinski definition) is 3. The molecule has 2 rings (SSSR count). The lowest BCUT2D eigenvalue weighted by Gasteiger charge is -2.12. The van der Waals surface area contributed by atoms with Gasteiger partial charge in [-0.05, 0) is 30.3 Å². The Morgan fingerprint density at radius 2 is 1.65 bits per heavy atom. The van der Waals surface area contributed by atoms with Crippen molar-refractivity contribution in [1.29, 1.82) is 0 Å². The van der Waals surface area contributed by atoms with Gasteiger partial charge in [0, 0.05) is 11.6 Å². The molecule has 9 heteroatoms. The molecule has 23 heavy (non-hydrogen) atoms. The molecule has 0 saturated heterocycles. The minimum Gasteiger partial charge on any atom is -0.545 e. The Morgan fingerprint density at radius 3 is 2.17 bits per heavy atom. The number of carbonyl (C=O) groups is 1. The molecule has 4 nitrogen and oxygen atoms in total. The normalized spacial score (nSPS) is 10.8. The SMILES string of the molecule is O=C([O-])c1cc(Oc2ccc(C(F)(F)F)c(Cl)c2)ccc1F.[NH4+]. The van der Waals surface area contributed by atoms with Crippen molar-refractivity contribution in [2.24, 2.45) is 0 Å². The smallest absolute Gasteiger partial charge is 0.417 e. The summed E-state index contributed by atoms with van der Waals surface area (Å²) in [4.78, 5) is 10.7. The monoisotopic (exact) mass is 351 g/mol. The second-order valence-corrected chi connectivity index (χ2v) is 4.58. The van der Waals surface area contributed by atoms with E-state index >= 15 is 0 Å². The van der Waals surface area contributed by atoms with Crippen LogP contribution in [0.3, 0.4) is 0 Å². The Morgan fingerprint density at radius 1 is 1.09 bits per heavy atom. The molecule has 0 aliphatic carbocycles. The second-order valence-electron chi connectivity index (χ2n) is 4.17. The molecular formula is C14H10ClF4NO3. The van der Waals surface area contributed by atoms with Gasteiger partial charge in [0.1, 0.15) is 17.3 Å². The molecule has 0 radical (unpaired) electrons. The zero-order valence-corrected chi connectivity index (χ0v) is 12.3. The number of alkyl halides is 3. The number of ether oxygens (including phenoxy) is 1. The second kappa shape index (κ2) is 6.84. The summed E-state index contributed by atoms with van der Waals surface area (Å²) in [5.74, 6) is -2.91. The summed E-state index contributed by atoms with van der Waals surface area (Å²) in [6.07, 6.45) is -4.60. The van der Waals surface area contributed by atoms with E-state index in [1.807, 2.05) is 0 Å². The van der Waals surface area contributed by atoms with E-state index in [4.69, 9.17) is 16.3 Å². The zero-order chi connectivity index (χ0) is 16.5. The molecule has 2 aromatic carbocycles. The first-order chi connectivity index (χ1) is 10.2. The fraction of sp³-hybridized carbons (Fsp3) is 0.0714. The molecule has 0 saturated carbocycles. The number of rotatable bonds is 3. The molecule has 0 heterocycles. The van der Waals surface area contributed by atoms with Crippen LogP contribution in [0.1, 0.15) is 15.9 Å². The molecule has 2 aromatic rings. The minimum absolute atomic E-state index is 0. The Balaban J connectivity index is 0.00000264. The number of carbonyl (C=O) groups excluding carboxylic acids is 1. The van der Waals surface area contributed by atoms with E-state index < -0.39 is 34.1 Å². The molecule has 0 aliphatic heterocycles. The van der Waals surface area contributed by atoms with E-state index in [0.29, 0.717) is 0 Å². The Kier molecular flexibility index (Phi) is 5.57. The summed E-state index contributed by atoms with van der Waals surface area (Å²) in [6, 6.07) is 5.47.